The minimum absolute atomic E-state index is 0.121. The van der Waals surface area contributed by atoms with Crippen molar-refractivity contribution in [3.8, 4) is 0 Å². The summed E-state index contributed by atoms with van der Waals surface area (Å²) in [6, 6.07) is 0. The summed E-state index contributed by atoms with van der Waals surface area (Å²) in [6.07, 6.45) is 4.29. The smallest absolute Gasteiger partial charge is 0.356 e. The molecule has 1 aromatic rings. The molecule has 3 rings (SSSR count). The molecule has 2 fully saturated rings. The van der Waals surface area contributed by atoms with Crippen LogP contribution in [0.25, 0.3) is 0 Å². The molecule has 1 aliphatic heterocycles. The Bertz CT molecular complexity index is 435. The second kappa shape index (κ2) is 3.82. The Balaban J connectivity index is 1.68. The Morgan fingerprint density at radius 1 is 1.59 bits per heavy atom. The van der Waals surface area contributed by atoms with E-state index in [1.54, 1.807) is 0 Å². The van der Waals surface area contributed by atoms with E-state index in [0.717, 1.165) is 19.3 Å². The van der Waals surface area contributed by atoms with Crippen LogP contribution in [0.2, 0.25) is 0 Å². The number of hydrogen-bond donors (Lipinski definition) is 2. The van der Waals surface area contributed by atoms with E-state index in [1.165, 1.54) is 6.20 Å². The van der Waals surface area contributed by atoms with E-state index in [9.17, 15) is 4.79 Å². The third-order valence-electron chi connectivity index (χ3n) is 3.39. The predicted molar refractivity (Wildman–Crippen MR) is 58.3 cm³/mol. The van der Waals surface area contributed by atoms with E-state index in [1.807, 2.05) is 0 Å². The molecular formula is C11H15N3O3. The molecule has 0 radical (unpaired) electrons. The van der Waals surface area contributed by atoms with Gasteiger partial charge in [-0.1, -0.05) is 0 Å². The second-order valence-electron chi connectivity index (χ2n) is 4.72. The van der Waals surface area contributed by atoms with Gasteiger partial charge in [-0.15, -0.1) is 0 Å². The highest BCUT2D eigenvalue weighted by molar-refractivity contribution is 5.87. The van der Waals surface area contributed by atoms with E-state index in [4.69, 9.17) is 15.2 Å². The zero-order chi connectivity index (χ0) is 11.9. The van der Waals surface area contributed by atoms with Crippen molar-refractivity contribution in [3.63, 3.8) is 0 Å². The lowest BCUT2D eigenvalue weighted by atomic mass is 9.77. The van der Waals surface area contributed by atoms with Crippen molar-refractivity contribution in [2.75, 3.05) is 13.2 Å². The molecule has 0 amide bonds. The SMILES string of the molecule is NC1(c2ncc(C(=O)OC3COC3)[nH]2)CCC1. The van der Waals surface area contributed by atoms with Crippen LogP contribution in [-0.2, 0) is 15.0 Å². The largest absolute Gasteiger partial charge is 0.453 e. The highest BCUT2D eigenvalue weighted by Gasteiger charge is 2.37. The lowest BCUT2D eigenvalue weighted by molar-refractivity contribution is -0.103. The van der Waals surface area contributed by atoms with Gasteiger partial charge in [0.05, 0.1) is 24.9 Å². The molecule has 1 aromatic heterocycles. The van der Waals surface area contributed by atoms with Crippen LogP contribution in [-0.4, -0.2) is 35.3 Å². The Labute approximate surface area is 98.5 Å². The first-order valence-corrected chi connectivity index (χ1v) is 5.80. The highest BCUT2D eigenvalue weighted by atomic mass is 16.6. The van der Waals surface area contributed by atoms with Gasteiger partial charge in [0.15, 0.2) is 0 Å². The Morgan fingerprint density at radius 3 is 2.88 bits per heavy atom. The fourth-order valence-corrected chi connectivity index (χ4v) is 1.97. The molecule has 1 saturated carbocycles. The van der Waals surface area contributed by atoms with Gasteiger partial charge in [-0.05, 0) is 19.3 Å². The van der Waals surface area contributed by atoms with Crippen LogP contribution < -0.4 is 5.73 Å². The lowest BCUT2D eigenvalue weighted by Gasteiger charge is -2.35. The molecule has 92 valence electrons. The third kappa shape index (κ3) is 1.83. The molecule has 1 aliphatic carbocycles. The van der Waals surface area contributed by atoms with Gasteiger partial charge in [0, 0.05) is 0 Å². The highest BCUT2D eigenvalue weighted by Crippen LogP contribution is 2.36. The quantitative estimate of drug-likeness (QED) is 0.738. The Morgan fingerprint density at radius 2 is 2.35 bits per heavy atom. The summed E-state index contributed by atoms with van der Waals surface area (Å²) in [4.78, 5) is 18.8. The molecule has 0 unspecified atom stereocenters. The standard InChI is InChI=1S/C11H15N3O3/c12-11(2-1-3-11)10-13-4-8(14-10)9(15)17-7-5-16-6-7/h4,7H,1-3,5-6,12H2,(H,13,14). The average Bonchev–Trinajstić information content (AvgIpc) is 2.69. The van der Waals surface area contributed by atoms with Crippen molar-refractivity contribution in [1.82, 2.24) is 9.97 Å². The van der Waals surface area contributed by atoms with Gasteiger partial charge in [-0.25, -0.2) is 9.78 Å². The molecule has 0 spiro atoms. The van der Waals surface area contributed by atoms with Gasteiger partial charge in [-0.3, -0.25) is 0 Å². The van der Waals surface area contributed by atoms with Crippen LogP contribution in [0.1, 0.15) is 35.6 Å². The van der Waals surface area contributed by atoms with Crippen LogP contribution in [0.4, 0.5) is 0 Å². The maximum atomic E-state index is 11.7. The topological polar surface area (TPSA) is 90.2 Å². The van der Waals surface area contributed by atoms with Crippen molar-refractivity contribution >= 4 is 5.97 Å². The van der Waals surface area contributed by atoms with Gasteiger partial charge >= 0.3 is 5.97 Å². The van der Waals surface area contributed by atoms with Crippen LogP contribution in [0.5, 0.6) is 0 Å². The van der Waals surface area contributed by atoms with Crippen molar-refractivity contribution < 1.29 is 14.3 Å². The zero-order valence-corrected chi connectivity index (χ0v) is 9.44. The number of imidazole rings is 1. The zero-order valence-electron chi connectivity index (χ0n) is 9.44. The van der Waals surface area contributed by atoms with E-state index < -0.39 is 0 Å². The summed E-state index contributed by atoms with van der Waals surface area (Å²) in [5, 5.41) is 0. The van der Waals surface area contributed by atoms with Crippen LogP contribution in [0.15, 0.2) is 6.20 Å². The summed E-state index contributed by atoms with van der Waals surface area (Å²) in [6.45, 7) is 0.959. The predicted octanol–water partition coefficient (Wildman–Crippen LogP) is 0.303. The van der Waals surface area contributed by atoms with Gasteiger partial charge in [-0.2, -0.15) is 0 Å². The monoisotopic (exact) mass is 237 g/mol. The van der Waals surface area contributed by atoms with Gasteiger partial charge < -0.3 is 20.2 Å². The van der Waals surface area contributed by atoms with Crippen LogP contribution in [0, 0.1) is 0 Å². The Hall–Kier alpha value is -1.40. The second-order valence-corrected chi connectivity index (χ2v) is 4.72. The van der Waals surface area contributed by atoms with Crippen LogP contribution in [0.3, 0.4) is 0 Å². The van der Waals surface area contributed by atoms with E-state index in [2.05, 4.69) is 9.97 Å². The summed E-state index contributed by atoms with van der Waals surface area (Å²) in [7, 11) is 0. The number of nitrogens with zero attached hydrogens (tertiary/aromatic N) is 1. The molecule has 17 heavy (non-hydrogen) atoms. The molecule has 2 heterocycles. The minimum Gasteiger partial charge on any atom is -0.453 e. The van der Waals surface area contributed by atoms with Crippen molar-refractivity contribution in [2.45, 2.75) is 30.9 Å². The number of esters is 1. The number of carbonyl (C=O) groups excluding carboxylic acids is 1. The maximum Gasteiger partial charge on any atom is 0.356 e. The molecule has 6 heteroatoms. The fraction of sp³-hybridized carbons (Fsp3) is 0.636. The van der Waals surface area contributed by atoms with E-state index >= 15 is 0 Å². The van der Waals surface area contributed by atoms with Crippen molar-refractivity contribution in [2.24, 2.45) is 5.73 Å². The van der Waals surface area contributed by atoms with Gasteiger partial charge in [0.2, 0.25) is 0 Å². The summed E-state index contributed by atoms with van der Waals surface area (Å²) >= 11 is 0. The van der Waals surface area contributed by atoms with E-state index in [-0.39, 0.29) is 17.6 Å². The molecule has 6 nitrogen and oxygen atoms in total. The number of nitrogens with two attached hydrogens (primary N) is 1. The molecule has 0 bridgehead atoms. The van der Waals surface area contributed by atoms with Crippen LogP contribution >= 0.6 is 0 Å². The normalized spacial score (nSPS) is 22.6. The van der Waals surface area contributed by atoms with E-state index in [0.29, 0.717) is 24.7 Å². The summed E-state index contributed by atoms with van der Waals surface area (Å²) in [5.74, 6) is 0.292. The number of H-pyrrole nitrogens is 1. The van der Waals surface area contributed by atoms with Gasteiger partial charge in [0.1, 0.15) is 17.6 Å². The fourth-order valence-electron chi connectivity index (χ4n) is 1.97. The molecule has 0 atom stereocenters. The molecule has 0 aromatic carbocycles. The Kier molecular flexibility index (Phi) is 2.41. The molecule has 2 aliphatic rings. The molecule has 3 N–H and O–H groups in total. The number of ether oxygens (including phenoxy) is 2. The number of rotatable bonds is 3. The first kappa shape index (κ1) is 10.7. The first-order chi connectivity index (χ1) is 8.17. The minimum atomic E-state index is -0.389. The first-order valence-electron chi connectivity index (χ1n) is 5.80. The number of nitrogens with one attached hydrogen (secondary N) is 1. The average molecular weight is 237 g/mol. The lowest BCUT2D eigenvalue weighted by Crippen LogP contribution is -2.44. The van der Waals surface area contributed by atoms with Gasteiger partial charge in [0.25, 0.3) is 0 Å². The molecule has 1 saturated heterocycles. The molecular weight excluding hydrogens is 222 g/mol. The summed E-state index contributed by atoms with van der Waals surface area (Å²) < 4.78 is 10.1. The number of aromatic amines is 1. The number of aromatic nitrogens is 2. The van der Waals surface area contributed by atoms with Crippen molar-refractivity contribution in [1.29, 1.82) is 0 Å². The third-order valence-corrected chi connectivity index (χ3v) is 3.39. The number of hydrogen-bond acceptors (Lipinski definition) is 5. The summed E-state index contributed by atoms with van der Waals surface area (Å²) in [5.41, 5.74) is 6.10. The number of carbonyl (C=O) groups is 1. The maximum absolute atomic E-state index is 11.7. The van der Waals surface area contributed by atoms with Crippen molar-refractivity contribution in [3.05, 3.63) is 17.7 Å².